The third-order valence-electron chi connectivity index (χ3n) is 4.23. The van der Waals surface area contributed by atoms with Gasteiger partial charge < -0.3 is 10.4 Å². The van der Waals surface area contributed by atoms with E-state index >= 15 is 0 Å². The van der Waals surface area contributed by atoms with Gasteiger partial charge in [0.1, 0.15) is 5.69 Å². The number of carbonyl (C=O) groups is 2. The van der Waals surface area contributed by atoms with E-state index in [-0.39, 0.29) is 12.3 Å². The molecule has 0 atom stereocenters. The number of nitrogens with zero attached hydrogens (tertiary/aromatic N) is 1. The summed E-state index contributed by atoms with van der Waals surface area (Å²) < 4.78 is 0. The first-order chi connectivity index (χ1) is 12.1. The molecule has 2 N–H and O–H groups in total. The Morgan fingerprint density at radius 1 is 1.00 bits per heavy atom. The second-order valence-corrected chi connectivity index (χ2v) is 6.53. The van der Waals surface area contributed by atoms with Crippen LogP contribution in [0.5, 0.6) is 0 Å². The van der Waals surface area contributed by atoms with Crippen LogP contribution in [-0.2, 0) is 11.2 Å². The fourth-order valence-corrected chi connectivity index (χ4v) is 2.70. The van der Waals surface area contributed by atoms with Gasteiger partial charge in [0.25, 0.3) is 5.91 Å². The first-order valence-corrected chi connectivity index (χ1v) is 9.58. The smallest absolute Gasteiger partial charge is 0.303 e. The van der Waals surface area contributed by atoms with Gasteiger partial charge in [0.05, 0.1) is 0 Å². The summed E-state index contributed by atoms with van der Waals surface area (Å²) in [6, 6.07) is 3.70. The average molecular weight is 348 g/mol. The van der Waals surface area contributed by atoms with Crippen molar-refractivity contribution in [3.05, 3.63) is 29.6 Å². The highest BCUT2D eigenvalue weighted by atomic mass is 16.4. The minimum absolute atomic E-state index is 0.0608. The van der Waals surface area contributed by atoms with E-state index in [1.807, 2.05) is 6.07 Å². The van der Waals surface area contributed by atoms with Crippen molar-refractivity contribution in [3.63, 3.8) is 0 Å². The molecule has 0 spiro atoms. The summed E-state index contributed by atoms with van der Waals surface area (Å²) >= 11 is 0. The van der Waals surface area contributed by atoms with Gasteiger partial charge in [-0.05, 0) is 30.9 Å². The molecule has 0 fully saturated rings. The van der Waals surface area contributed by atoms with Crippen LogP contribution in [0.2, 0.25) is 0 Å². The van der Waals surface area contributed by atoms with Crippen LogP contribution in [0.4, 0.5) is 0 Å². The quantitative estimate of drug-likeness (QED) is 0.490. The Kier molecular flexibility index (Phi) is 11.3. The molecule has 0 radical (unpaired) electrons. The number of amides is 1. The van der Waals surface area contributed by atoms with E-state index in [1.54, 1.807) is 12.3 Å². The topological polar surface area (TPSA) is 79.3 Å². The third kappa shape index (κ3) is 10.5. The molecule has 0 saturated heterocycles. The van der Waals surface area contributed by atoms with Crippen LogP contribution in [-0.4, -0.2) is 28.5 Å². The van der Waals surface area contributed by atoms with Crippen molar-refractivity contribution in [2.24, 2.45) is 0 Å². The van der Waals surface area contributed by atoms with Crippen LogP contribution >= 0.6 is 0 Å². The van der Waals surface area contributed by atoms with E-state index in [4.69, 9.17) is 5.11 Å². The number of aryl methyl sites for hydroxylation is 1. The molecule has 25 heavy (non-hydrogen) atoms. The Morgan fingerprint density at radius 3 is 2.28 bits per heavy atom. The Bertz CT molecular complexity index is 500. The predicted octanol–water partition coefficient (Wildman–Crippen LogP) is 4.36. The molecule has 140 valence electrons. The minimum atomic E-state index is -0.849. The maximum atomic E-state index is 11.9. The number of aliphatic carboxylic acids is 1. The van der Waals surface area contributed by atoms with E-state index in [1.165, 1.54) is 44.9 Å². The van der Waals surface area contributed by atoms with Crippen LogP contribution in [0, 0.1) is 0 Å². The van der Waals surface area contributed by atoms with Gasteiger partial charge in [-0.25, -0.2) is 0 Å². The molecule has 0 bridgehead atoms. The molecule has 0 unspecified atom stereocenters. The molecule has 1 heterocycles. The number of hydrogen-bond acceptors (Lipinski definition) is 3. The van der Waals surface area contributed by atoms with Gasteiger partial charge in [0, 0.05) is 19.2 Å². The summed E-state index contributed by atoms with van der Waals surface area (Å²) in [7, 11) is 0. The Balaban J connectivity index is 2.16. The van der Waals surface area contributed by atoms with Crippen molar-refractivity contribution in [2.75, 3.05) is 6.54 Å². The van der Waals surface area contributed by atoms with E-state index in [0.717, 1.165) is 18.4 Å². The van der Waals surface area contributed by atoms with Crippen molar-refractivity contribution in [1.29, 1.82) is 0 Å². The Morgan fingerprint density at radius 2 is 1.68 bits per heavy atom. The van der Waals surface area contributed by atoms with E-state index in [0.29, 0.717) is 18.7 Å². The molecule has 0 aliphatic rings. The summed E-state index contributed by atoms with van der Waals surface area (Å²) in [6.07, 6.45) is 13.7. The molecule has 5 heteroatoms. The molecule has 1 rings (SSSR count). The van der Waals surface area contributed by atoms with Gasteiger partial charge in [-0.15, -0.1) is 0 Å². The first kappa shape index (κ1) is 21.1. The second kappa shape index (κ2) is 13.4. The molecule has 1 amide bonds. The number of carbonyl (C=O) groups excluding carboxylic acids is 1. The van der Waals surface area contributed by atoms with Gasteiger partial charge in [0.15, 0.2) is 0 Å². The number of carboxylic acid groups (broad SMARTS) is 1. The van der Waals surface area contributed by atoms with Crippen LogP contribution in [0.15, 0.2) is 18.3 Å². The number of pyridine rings is 1. The highest BCUT2D eigenvalue weighted by molar-refractivity contribution is 5.92. The third-order valence-corrected chi connectivity index (χ3v) is 4.23. The maximum Gasteiger partial charge on any atom is 0.303 e. The Labute approximate surface area is 151 Å². The second-order valence-electron chi connectivity index (χ2n) is 6.53. The van der Waals surface area contributed by atoms with Crippen molar-refractivity contribution < 1.29 is 14.7 Å². The number of unbranched alkanes of at least 4 members (excludes halogenated alkanes) is 7. The standard InChI is InChI=1S/C20H32N2O3/c1-2-3-4-5-6-7-8-9-11-17-13-14-18(22-16-17)20(25)21-15-10-12-19(23)24/h13-14,16H,2-12,15H2,1H3,(H,21,25)(H,23,24). The monoisotopic (exact) mass is 348 g/mol. The lowest BCUT2D eigenvalue weighted by molar-refractivity contribution is -0.137. The van der Waals surface area contributed by atoms with Gasteiger partial charge in [-0.1, -0.05) is 57.9 Å². The SMILES string of the molecule is CCCCCCCCCCc1ccc(C(=O)NCCCC(=O)O)nc1. The molecule has 1 aromatic heterocycles. The number of hydrogen-bond donors (Lipinski definition) is 2. The zero-order valence-corrected chi connectivity index (χ0v) is 15.4. The maximum absolute atomic E-state index is 11.9. The number of carboxylic acids is 1. The molecule has 0 saturated carbocycles. The highest BCUT2D eigenvalue weighted by Gasteiger charge is 2.07. The Hall–Kier alpha value is -1.91. The van der Waals surface area contributed by atoms with Crippen LogP contribution in [0.25, 0.3) is 0 Å². The van der Waals surface area contributed by atoms with Crippen molar-refractivity contribution in [1.82, 2.24) is 10.3 Å². The van der Waals surface area contributed by atoms with Crippen molar-refractivity contribution in [2.45, 2.75) is 77.6 Å². The van der Waals surface area contributed by atoms with Crippen LogP contribution < -0.4 is 5.32 Å². The predicted molar refractivity (Wildman–Crippen MR) is 99.8 cm³/mol. The molecule has 0 aliphatic heterocycles. The first-order valence-electron chi connectivity index (χ1n) is 9.58. The molecular weight excluding hydrogens is 316 g/mol. The molecule has 1 aromatic rings. The van der Waals surface area contributed by atoms with Gasteiger partial charge >= 0.3 is 5.97 Å². The van der Waals surface area contributed by atoms with Crippen LogP contribution in [0.3, 0.4) is 0 Å². The summed E-state index contributed by atoms with van der Waals surface area (Å²) in [5, 5.41) is 11.2. The van der Waals surface area contributed by atoms with E-state index in [2.05, 4.69) is 17.2 Å². The highest BCUT2D eigenvalue weighted by Crippen LogP contribution is 2.11. The number of nitrogens with one attached hydrogen (secondary N) is 1. The molecule has 0 aliphatic carbocycles. The normalized spacial score (nSPS) is 10.6. The molecule has 0 aromatic carbocycles. The molecular formula is C20H32N2O3. The number of aromatic nitrogens is 1. The lowest BCUT2D eigenvalue weighted by Gasteiger charge is -2.05. The zero-order valence-electron chi connectivity index (χ0n) is 15.4. The minimum Gasteiger partial charge on any atom is -0.481 e. The molecule has 5 nitrogen and oxygen atoms in total. The summed E-state index contributed by atoms with van der Waals surface area (Å²) in [5.41, 5.74) is 1.54. The summed E-state index contributed by atoms with van der Waals surface area (Å²) in [4.78, 5) is 26.5. The van der Waals surface area contributed by atoms with Crippen molar-refractivity contribution in [3.8, 4) is 0 Å². The fourth-order valence-electron chi connectivity index (χ4n) is 2.70. The van der Waals surface area contributed by atoms with Gasteiger partial charge in [-0.2, -0.15) is 0 Å². The average Bonchev–Trinajstić information content (AvgIpc) is 2.61. The number of rotatable bonds is 14. The van der Waals surface area contributed by atoms with Crippen LogP contribution in [0.1, 0.15) is 87.2 Å². The summed E-state index contributed by atoms with van der Waals surface area (Å²) in [5.74, 6) is -1.10. The van der Waals surface area contributed by atoms with E-state index < -0.39 is 5.97 Å². The van der Waals surface area contributed by atoms with Gasteiger partial charge in [-0.3, -0.25) is 14.6 Å². The summed E-state index contributed by atoms with van der Waals surface area (Å²) in [6.45, 7) is 2.59. The zero-order chi connectivity index (χ0) is 18.3. The lowest BCUT2D eigenvalue weighted by atomic mass is 10.0. The largest absolute Gasteiger partial charge is 0.481 e. The van der Waals surface area contributed by atoms with Crippen molar-refractivity contribution >= 4 is 11.9 Å². The van der Waals surface area contributed by atoms with Gasteiger partial charge in [0.2, 0.25) is 0 Å². The fraction of sp³-hybridized carbons (Fsp3) is 0.650. The van der Waals surface area contributed by atoms with E-state index in [9.17, 15) is 9.59 Å². The lowest BCUT2D eigenvalue weighted by Crippen LogP contribution is -2.25.